The Morgan fingerprint density at radius 1 is 1.06 bits per heavy atom. The summed E-state index contributed by atoms with van der Waals surface area (Å²) in [6.07, 6.45) is 2.21. The van der Waals surface area contributed by atoms with Crippen LogP contribution in [-0.4, -0.2) is 35.9 Å². The quantitative estimate of drug-likeness (QED) is 0.239. The van der Waals surface area contributed by atoms with E-state index in [9.17, 15) is 10.1 Å². The first-order chi connectivity index (χ1) is 16.5. The number of nitrogens with one attached hydrogen (secondary N) is 1. The molecule has 1 amide bonds. The van der Waals surface area contributed by atoms with E-state index >= 15 is 0 Å². The Bertz CT molecular complexity index is 1180. The maximum Gasteiger partial charge on any atom is 0.268 e. The predicted octanol–water partition coefficient (Wildman–Crippen LogP) is 4.81. The number of nitrogens with zero attached hydrogens (tertiary/aromatic N) is 3. The number of aromatic nitrogens is 2. The third kappa shape index (κ3) is 7.05. The maximum atomic E-state index is 12.5. The van der Waals surface area contributed by atoms with Crippen LogP contribution < -0.4 is 19.5 Å². The molecule has 1 heterocycles. The van der Waals surface area contributed by atoms with Crippen molar-refractivity contribution in [2.24, 2.45) is 0 Å². The zero-order valence-corrected chi connectivity index (χ0v) is 20.1. The topological polar surface area (TPSA) is 106 Å². The van der Waals surface area contributed by atoms with E-state index in [1.54, 1.807) is 18.2 Å². The zero-order valence-electron chi connectivity index (χ0n) is 19.3. The first-order valence-corrected chi connectivity index (χ1v) is 11.7. The van der Waals surface area contributed by atoms with E-state index in [0.29, 0.717) is 42.0 Å². The average molecular weight is 479 g/mol. The van der Waals surface area contributed by atoms with Gasteiger partial charge in [0, 0.05) is 0 Å². The number of carbonyl (C=O) groups excluding carboxylic acids is 1. The molecule has 34 heavy (non-hydrogen) atoms. The van der Waals surface area contributed by atoms with Crippen LogP contribution in [0.2, 0.25) is 0 Å². The molecular weight excluding hydrogens is 452 g/mol. The van der Waals surface area contributed by atoms with Crippen LogP contribution in [0.15, 0.2) is 48.0 Å². The van der Waals surface area contributed by atoms with Crippen molar-refractivity contribution < 1.29 is 19.0 Å². The number of amides is 1. The summed E-state index contributed by atoms with van der Waals surface area (Å²) in [5.41, 5.74) is 1.74. The predicted molar refractivity (Wildman–Crippen MR) is 131 cm³/mol. The van der Waals surface area contributed by atoms with E-state index in [-0.39, 0.29) is 5.57 Å². The van der Waals surface area contributed by atoms with E-state index < -0.39 is 5.91 Å². The van der Waals surface area contributed by atoms with E-state index in [2.05, 4.69) is 15.5 Å². The highest BCUT2D eigenvalue weighted by atomic mass is 32.1. The SMILES string of the molecule is CCOc1cc(/C=C(/C#N)C(=O)Nc2nnc(CC)s2)ccc1OCCOc1ccc(C)cc1. The number of aryl methyl sites for hydroxylation is 2. The number of ether oxygens (including phenoxy) is 3. The molecule has 0 atom stereocenters. The Morgan fingerprint density at radius 3 is 2.50 bits per heavy atom. The monoisotopic (exact) mass is 478 g/mol. The molecule has 0 unspecified atom stereocenters. The summed E-state index contributed by atoms with van der Waals surface area (Å²) < 4.78 is 17.2. The molecular formula is C25H26N4O4S. The number of carbonyl (C=O) groups is 1. The molecule has 0 saturated carbocycles. The lowest BCUT2D eigenvalue weighted by Crippen LogP contribution is -2.13. The summed E-state index contributed by atoms with van der Waals surface area (Å²) >= 11 is 1.28. The number of benzene rings is 2. The van der Waals surface area contributed by atoms with Crippen LogP contribution in [0.5, 0.6) is 17.2 Å². The molecule has 3 aromatic rings. The normalized spacial score (nSPS) is 10.9. The fourth-order valence-electron chi connectivity index (χ4n) is 2.87. The molecule has 176 valence electrons. The van der Waals surface area contributed by atoms with Gasteiger partial charge in [-0.3, -0.25) is 10.1 Å². The Kier molecular flexibility index (Phi) is 9.00. The van der Waals surface area contributed by atoms with Gasteiger partial charge in [-0.1, -0.05) is 42.0 Å². The van der Waals surface area contributed by atoms with Crippen LogP contribution in [-0.2, 0) is 11.2 Å². The van der Waals surface area contributed by atoms with Gasteiger partial charge in [0.2, 0.25) is 5.13 Å². The first kappa shape index (κ1) is 24.7. The van der Waals surface area contributed by atoms with Crippen molar-refractivity contribution in [3.05, 3.63) is 64.2 Å². The standard InChI is InChI=1S/C25H26N4O4S/c1-4-23-28-29-25(34-23)27-24(30)19(16-26)14-18-8-11-21(22(15-18)31-5-2)33-13-12-32-20-9-6-17(3)7-10-20/h6-11,14-15H,4-5,12-13H2,1-3H3,(H,27,29,30)/b19-14-. The molecule has 8 nitrogen and oxygen atoms in total. The van der Waals surface area contributed by atoms with Gasteiger partial charge in [0.1, 0.15) is 35.6 Å². The molecule has 0 radical (unpaired) electrons. The maximum absolute atomic E-state index is 12.5. The van der Waals surface area contributed by atoms with E-state index in [1.807, 2.05) is 51.1 Å². The largest absolute Gasteiger partial charge is 0.490 e. The summed E-state index contributed by atoms with van der Waals surface area (Å²) in [5.74, 6) is 1.30. The summed E-state index contributed by atoms with van der Waals surface area (Å²) in [4.78, 5) is 12.5. The van der Waals surface area contributed by atoms with Gasteiger partial charge in [0.25, 0.3) is 5.91 Å². The number of hydrogen-bond donors (Lipinski definition) is 1. The highest BCUT2D eigenvalue weighted by molar-refractivity contribution is 7.15. The lowest BCUT2D eigenvalue weighted by molar-refractivity contribution is -0.112. The fraction of sp³-hybridized carbons (Fsp3) is 0.280. The van der Waals surface area contributed by atoms with Crippen molar-refractivity contribution in [3.8, 4) is 23.3 Å². The summed E-state index contributed by atoms with van der Waals surface area (Å²) in [6, 6.07) is 15.0. The lowest BCUT2D eigenvalue weighted by atomic mass is 10.1. The molecule has 0 saturated heterocycles. The molecule has 1 aromatic heterocycles. The van der Waals surface area contributed by atoms with E-state index in [1.165, 1.54) is 23.0 Å². The van der Waals surface area contributed by atoms with Gasteiger partial charge < -0.3 is 14.2 Å². The molecule has 0 aliphatic carbocycles. The molecule has 0 fully saturated rings. The number of anilines is 1. The molecule has 0 aliphatic heterocycles. The van der Waals surface area contributed by atoms with Crippen molar-refractivity contribution >= 4 is 28.5 Å². The molecule has 0 spiro atoms. The van der Waals surface area contributed by atoms with Gasteiger partial charge in [-0.15, -0.1) is 10.2 Å². The number of hydrogen-bond acceptors (Lipinski definition) is 8. The van der Waals surface area contributed by atoms with Gasteiger partial charge >= 0.3 is 0 Å². The van der Waals surface area contributed by atoms with E-state index in [0.717, 1.165) is 17.2 Å². The van der Waals surface area contributed by atoms with Crippen molar-refractivity contribution in [2.75, 3.05) is 25.1 Å². The molecule has 1 N–H and O–H groups in total. The van der Waals surface area contributed by atoms with Crippen LogP contribution in [0.4, 0.5) is 5.13 Å². The third-order valence-electron chi connectivity index (χ3n) is 4.56. The number of nitriles is 1. The highest BCUT2D eigenvalue weighted by Gasteiger charge is 2.14. The molecule has 9 heteroatoms. The van der Waals surface area contributed by atoms with Gasteiger partial charge in [-0.25, -0.2) is 0 Å². The molecule has 3 rings (SSSR count). The Balaban J connectivity index is 1.65. The molecule has 0 aliphatic rings. The third-order valence-corrected chi connectivity index (χ3v) is 5.55. The van der Waals surface area contributed by atoms with Crippen molar-refractivity contribution in [1.29, 1.82) is 5.26 Å². The smallest absolute Gasteiger partial charge is 0.268 e. The Labute approximate surface area is 202 Å². The zero-order chi connectivity index (χ0) is 24.3. The summed E-state index contributed by atoms with van der Waals surface area (Å²) in [5, 5.41) is 21.1. The minimum Gasteiger partial charge on any atom is -0.490 e. The van der Waals surface area contributed by atoms with Gasteiger partial charge in [-0.2, -0.15) is 5.26 Å². The van der Waals surface area contributed by atoms with Crippen LogP contribution in [0.25, 0.3) is 6.08 Å². The lowest BCUT2D eigenvalue weighted by Gasteiger charge is -2.13. The van der Waals surface area contributed by atoms with Crippen LogP contribution in [0.3, 0.4) is 0 Å². The van der Waals surface area contributed by atoms with Crippen LogP contribution in [0.1, 0.15) is 30.0 Å². The fourth-order valence-corrected chi connectivity index (χ4v) is 3.55. The molecule has 0 bridgehead atoms. The van der Waals surface area contributed by atoms with Crippen LogP contribution in [0, 0.1) is 18.3 Å². The second-order valence-corrected chi connectivity index (χ2v) is 8.19. The average Bonchev–Trinajstić information content (AvgIpc) is 3.30. The second-order valence-electron chi connectivity index (χ2n) is 7.13. The van der Waals surface area contributed by atoms with Crippen molar-refractivity contribution in [2.45, 2.75) is 27.2 Å². The Morgan fingerprint density at radius 2 is 1.82 bits per heavy atom. The second kappa shape index (κ2) is 12.4. The Hall–Kier alpha value is -3.90. The van der Waals surface area contributed by atoms with Gasteiger partial charge in [-0.05, 0) is 56.2 Å². The first-order valence-electron chi connectivity index (χ1n) is 10.9. The van der Waals surface area contributed by atoms with Gasteiger partial charge in [0.15, 0.2) is 11.5 Å². The minimum absolute atomic E-state index is 0.0594. The van der Waals surface area contributed by atoms with Crippen molar-refractivity contribution in [1.82, 2.24) is 10.2 Å². The highest BCUT2D eigenvalue weighted by Crippen LogP contribution is 2.29. The summed E-state index contributed by atoms with van der Waals surface area (Å²) in [6.45, 7) is 6.98. The molecule has 2 aromatic carbocycles. The van der Waals surface area contributed by atoms with Crippen molar-refractivity contribution in [3.63, 3.8) is 0 Å². The van der Waals surface area contributed by atoms with Gasteiger partial charge in [0.05, 0.1) is 6.61 Å². The minimum atomic E-state index is -0.548. The van der Waals surface area contributed by atoms with Crippen LogP contribution >= 0.6 is 11.3 Å². The number of rotatable bonds is 11. The van der Waals surface area contributed by atoms with E-state index in [4.69, 9.17) is 14.2 Å². The summed E-state index contributed by atoms with van der Waals surface area (Å²) in [7, 11) is 0.